The van der Waals surface area contributed by atoms with Crippen molar-refractivity contribution in [2.45, 2.75) is 44.9 Å². The van der Waals surface area contributed by atoms with Crippen LogP contribution in [0.5, 0.6) is 0 Å². The van der Waals surface area contributed by atoms with Crippen LogP contribution >= 0.6 is 0 Å². The zero-order chi connectivity index (χ0) is 7.78. The summed E-state index contributed by atoms with van der Waals surface area (Å²) in [7, 11) is 0. The summed E-state index contributed by atoms with van der Waals surface area (Å²) >= 11 is 0. The third-order valence-corrected chi connectivity index (χ3v) is 2.04. The second kappa shape index (κ2) is 6.21. The van der Waals surface area contributed by atoms with Crippen LogP contribution in [0.3, 0.4) is 0 Å². The molecule has 0 unspecified atom stereocenters. The van der Waals surface area contributed by atoms with Crippen LogP contribution in [-0.4, -0.2) is 0 Å². The summed E-state index contributed by atoms with van der Waals surface area (Å²) in [5, 5.41) is 0. The maximum absolute atomic E-state index is 3.27. The van der Waals surface area contributed by atoms with Crippen molar-refractivity contribution >= 4 is 0 Å². The lowest BCUT2D eigenvalue weighted by Gasteiger charge is -1.96. The Kier molecular flexibility index (Phi) is 4.84. The van der Waals surface area contributed by atoms with E-state index in [0.717, 1.165) is 6.42 Å². The van der Waals surface area contributed by atoms with E-state index in [9.17, 15) is 0 Å². The SMILES string of the molecule is [C]1=CC=CCCCCCCC1. The molecule has 0 spiro atoms. The molecule has 0 aromatic carbocycles. The number of rotatable bonds is 0. The normalized spacial score (nSPS) is 21.1. The highest BCUT2D eigenvalue weighted by molar-refractivity contribution is 4.98. The first kappa shape index (κ1) is 8.58. The minimum Gasteiger partial charge on any atom is -0.0845 e. The Balaban J connectivity index is 2.22. The average Bonchev–Trinajstić information content (AvgIpc) is 2.08. The van der Waals surface area contributed by atoms with Crippen molar-refractivity contribution in [3.63, 3.8) is 0 Å². The van der Waals surface area contributed by atoms with Crippen molar-refractivity contribution in [1.29, 1.82) is 0 Å². The van der Waals surface area contributed by atoms with E-state index in [1.54, 1.807) is 0 Å². The monoisotopic (exact) mass is 149 g/mol. The molecule has 0 N–H and O–H groups in total. The van der Waals surface area contributed by atoms with Gasteiger partial charge in [0.25, 0.3) is 0 Å². The van der Waals surface area contributed by atoms with Crippen molar-refractivity contribution in [3.05, 3.63) is 24.3 Å². The number of hydrogen-bond donors (Lipinski definition) is 0. The van der Waals surface area contributed by atoms with Gasteiger partial charge in [-0.2, -0.15) is 0 Å². The maximum atomic E-state index is 3.27. The van der Waals surface area contributed by atoms with Crippen LogP contribution in [0.25, 0.3) is 0 Å². The quantitative estimate of drug-likeness (QED) is 0.493. The molecule has 0 aromatic rings. The van der Waals surface area contributed by atoms with Gasteiger partial charge in [-0.1, -0.05) is 37.5 Å². The highest BCUT2D eigenvalue weighted by Crippen LogP contribution is 2.08. The molecule has 11 heavy (non-hydrogen) atoms. The van der Waals surface area contributed by atoms with E-state index in [1.807, 2.05) is 0 Å². The molecule has 0 atom stereocenters. The average molecular weight is 149 g/mol. The minimum absolute atomic E-state index is 1.14. The van der Waals surface area contributed by atoms with Gasteiger partial charge in [-0.25, -0.2) is 0 Å². The summed E-state index contributed by atoms with van der Waals surface area (Å²) in [6.45, 7) is 0. The van der Waals surface area contributed by atoms with Crippen LogP contribution in [0.1, 0.15) is 44.9 Å². The molecule has 1 aliphatic rings. The molecular formula is C11H17. The van der Waals surface area contributed by atoms with Gasteiger partial charge in [-0.05, 0) is 31.8 Å². The predicted molar refractivity (Wildman–Crippen MR) is 49.3 cm³/mol. The molecule has 0 amide bonds. The fraction of sp³-hybridized carbons (Fsp3) is 0.636. The first-order chi connectivity index (χ1) is 5.50. The van der Waals surface area contributed by atoms with Gasteiger partial charge < -0.3 is 0 Å². The second-order valence-electron chi connectivity index (χ2n) is 3.11. The van der Waals surface area contributed by atoms with Crippen molar-refractivity contribution in [2.24, 2.45) is 0 Å². The van der Waals surface area contributed by atoms with Crippen molar-refractivity contribution in [2.75, 3.05) is 0 Å². The van der Waals surface area contributed by atoms with E-state index in [1.165, 1.54) is 38.5 Å². The predicted octanol–water partition coefficient (Wildman–Crippen LogP) is 3.65. The Morgan fingerprint density at radius 1 is 0.909 bits per heavy atom. The largest absolute Gasteiger partial charge is 0.0845 e. The summed E-state index contributed by atoms with van der Waals surface area (Å²) in [5.41, 5.74) is 0. The molecule has 0 heterocycles. The molecule has 0 aromatic heterocycles. The van der Waals surface area contributed by atoms with E-state index in [4.69, 9.17) is 0 Å². The molecule has 1 aliphatic carbocycles. The fourth-order valence-corrected chi connectivity index (χ4v) is 1.34. The minimum atomic E-state index is 1.14. The summed E-state index contributed by atoms with van der Waals surface area (Å²) in [6, 6.07) is 0. The summed E-state index contributed by atoms with van der Waals surface area (Å²) < 4.78 is 0. The molecule has 1 rings (SSSR count). The smallest absolute Gasteiger partial charge is 0.0276 e. The standard InChI is InChI=1S/C11H17/c1-2-4-6-8-10-11-9-7-5-3-1/h1-3H,4,6-11H2. The van der Waals surface area contributed by atoms with Crippen LogP contribution in [0, 0.1) is 6.08 Å². The van der Waals surface area contributed by atoms with Crippen molar-refractivity contribution in [3.8, 4) is 0 Å². The molecule has 0 bridgehead atoms. The first-order valence-corrected chi connectivity index (χ1v) is 4.72. The first-order valence-electron chi connectivity index (χ1n) is 4.72. The molecule has 0 nitrogen and oxygen atoms in total. The Morgan fingerprint density at radius 2 is 1.73 bits per heavy atom. The van der Waals surface area contributed by atoms with Gasteiger partial charge in [0.05, 0.1) is 0 Å². The lowest BCUT2D eigenvalue weighted by atomic mass is 10.1. The third-order valence-electron chi connectivity index (χ3n) is 2.04. The van der Waals surface area contributed by atoms with Crippen LogP contribution in [0.4, 0.5) is 0 Å². The molecule has 61 valence electrons. The van der Waals surface area contributed by atoms with E-state index >= 15 is 0 Å². The van der Waals surface area contributed by atoms with Crippen molar-refractivity contribution < 1.29 is 0 Å². The third kappa shape index (κ3) is 4.83. The summed E-state index contributed by atoms with van der Waals surface area (Å²) in [4.78, 5) is 0. The van der Waals surface area contributed by atoms with Crippen LogP contribution in [0.2, 0.25) is 0 Å². The number of hydrogen-bond acceptors (Lipinski definition) is 0. The van der Waals surface area contributed by atoms with Gasteiger partial charge >= 0.3 is 0 Å². The number of allylic oxidation sites excluding steroid dienone is 4. The van der Waals surface area contributed by atoms with Crippen molar-refractivity contribution in [1.82, 2.24) is 0 Å². The van der Waals surface area contributed by atoms with E-state index in [2.05, 4.69) is 24.3 Å². The van der Waals surface area contributed by atoms with Crippen LogP contribution in [-0.2, 0) is 0 Å². The van der Waals surface area contributed by atoms with E-state index in [0.29, 0.717) is 0 Å². The zero-order valence-corrected chi connectivity index (χ0v) is 7.18. The Bertz CT molecular complexity index is 115. The topological polar surface area (TPSA) is 0 Å². The maximum Gasteiger partial charge on any atom is -0.0276 e. The van der Waals surface area contributed by atoms with Gasteiger partial charge in [0.2, 0.25) is 0 Å². The zero-order valence-electron chi connectivity index (χ0n) is 7.18. The Hall–Kier alpha value is -0.520. The lowest BCUT2D eigenvalue weighted by Crippen LogP contribution is -1.77. The Labute approximate surface area is 70.0 Å². The second-order valence-corrected chi connectivity index (χ2v) is 3.11. The Morgan fingerprint density at radius 3 is 2.73 bits per heavy atom. The molecule has 0 saturated carbocycles. The summed E-state index contributed by atoms with van der Waals surface area (Å²) in [5.74, 6) is 0. The molecule has 1 radical (unpaired) electrons. The highest BCUT2D eigenvalue weighted by atomic mass is 14.0. The molecule has 0 fully saturated rings. The molecule has 0 saturated heterocycles. The molecular weight excluding hydrogens is 132 g/mol. The lowest BCUT2D eigenvalue weighted by molar-refractivity contribution is 0.621. The van der Waals surface area contributed by atoms with Crippen LogP contribution in [0.15, 0.2) is 18.2 Å². The van der Waals surface area contributed by atoms with Gasteiger partial charge in [-0.15, -0.1) is 0 Å². The molecule has 0 aliphatic heterocycles. The van der Waals surface area contributed by atoms with Gasteiger partial charge in [0.15, 0.2) is 0 Å². The molecule has 0 heteroatoms. The highest BCUT2D eigenvalue weighted by Gasteiger charge is 1.89. The van der Waals surface area contributed by atoms with Gasteiger partial charge in [-0.3, -0.25) is 0 Å². The van der Waals surface area contributed by atoms with Gasteiger partial charge in [0, 0.05) is 0 Å². The van der Waals surface area contributed by atoms with Gasteiger partial charge in [0.1, 0.15) is 0 Å². The van der Waals surface area contributed by atoms with Crippen LogP contribution < -0.4 is 0 Å². The summed E-state index contributed by atoms with van der Waals surface area (Å²) in [6.07, 6.45) is 19.0. The van der Waals surface area contributed by atoms with E-state index < -0.39 is 0 Å². The van der Waals surface area contributed by atoms with E-state index in [-0.39, 0.29) is 0 Å². The fourth-order valence-electron chi connectivity index (χ4n) is 1.34.